The fourth-order valence-corrected chi connectivity index (χ4v) is 11.0. The van der Waals surface area contributed by atoms with E-state index in [0.29, 0.717) is 0 Å². The van der Waals surface area contributed by atoms with Gasteiger partial charge in [-0.1, -0.05) is 207 Å². The number of benzene rings is 10. The molecule has 0 aliphatic heterocycles. The fraction of sp³-hybridized carbons (Fsp3) is 0.0462. The summed E-state index contributed by atoms with van der Waals surface area (Å²) in [5, 5.41) is 5.19. The minimum absolute atomic E-state index is 0.112. The summed E-state index contributed by atoms with van der Waals surface area (Å²) in [6, 6.07) is 86.8. The Morgan fingerprint density at radius 3 is 1.45 bits per heavy atom. The molecule has 67 heavy (non-hydrogen) atoms. The SMILES string of the molecule is CC1C=C(c2ccc3sc4ccccc4c3c2)C=CC1N(c1ccc(-c2ccc(-c3ccccc3)cc2)cc1)c1ccc(-c2ccc(-c3cccc(-c4ccc5ccccc5c4)c3)cc2)cc1. The molecule has 11 aromatic rings. The molecule has 12 rings (SSSR count). The van der Waals surface area contributed by atoms with Gasteiger partial charge >= 0.3 is 0 Å². The molecular formula is C65H47NS. The van der Waals surface area contributed by atoms with Crippen molar-refractivity contribution in [1.29, 1.82) is 0 Å². The predicted octanol–water partition coefficient (Wildman–Crippen LogP) is 18.3. The molecule has 2 unspecified atom stereocenters. The Morgan fingerprint density at radius 1 is 0.343 bits per heavy atom. The van der Waals surface area contributed by atoms with Crippen molar-refractivity contribution in [2.75, 3.05) is 4.90 Å². The molecule has 1 heterocycles. The van der Waals surface area contributed by atoms with E-state index in [-0.39, 0.29) is 12.0 Å². The molecule has 2 atom stereocenters. The quantitative estimate of drug-likeness (QED) is 0.140. The van der Waals surface area contributed by atoms with E-state index in [2.05, 4.69) is 267 Å². The summed E-state index contributed by atoms with van der Waals surface area (Å²) >= 11 is 1.87. The Morgan fingerprint density at radius 2 is 0.806 bits per heavy atom. The molecule has 1 aromatic heterocycles. The second kappa shape index (κ2) is 17.4. The van der Waals surface area contributed by atoms with E-state index in [4.69, 9.17) is 0 Å². The standard InChI is InChI=1S/C65H47NS/c1-44-40-56(58-33-39-65-62(43-58)61-16-7-8-17-64(61)67-65)32-38-63(44)66(59-34-28-50(29-35-59)48-20-18-47(19-21-48)45-10-3-2-4-11-45)60-36-30-51(31-37-60)49-22-24-52(25-23-49)54-14-9-15-55(41-54)57-27-26-46-12-5-6-13-53(46)42-57/h2-44,63H,1H3. The third-order valence-corrected chi connectivity index (χ3v) is 14.7. The maximum absolute atomic E-state index is 2.52. The first-order valence-corrected chi connectivity index (χ1v) is 24.1. The number of anilines is 2. The Balaban J connectivity index is 0.836. The van der Waals surface area contributed by atoms with Crippen molar-refractivity contribution in [3.05, 3.63) is 260 Å². The van der Waals surface area contributed by atoms with E-state index in [1.165, 1.54) is 97.7 Å². The summed E-state index contributed by atoms with van der Waals surface area (Å²) in [5.41, 5.74) is 17.0. The normalized spacial score (nSPS) is 14.7. The van der Waals surface area contributed by atoms with E-state index < -0.39 is 0 Å². The van der Waals surface area contributed by atoms with Gasteiger partial charge in [0.25, 0.3) is 0 Å². The third kappa shape index (κ3) is 7.96. The number of rotatable bonds is 9. The molecule has 0 saturated heterocycles. The lowest BCUT2D eigenvalue weighted by atomic mass is 9.88. The van der Waals surface area contributed by atoms with Gasteiger partial charge in [0.2, 0.25) is 0 Å². The highest BCUT2D eigenvalue weighted by Gasteiger charge is 2.26. The molecule has 0 spiro atoms. The van der Waals surface area contributed by atoms with Gasteiger partial charge in [-0.05, 0) is 138 Å². The molecule has 1 aliphatic carbocycles. The maximum atomic E-state index is 2.52. The lowest BCUT2D eigenvalue weighted by molar-refractivity contribution is 0.611. The van der Waals surface area contributed by atoms with Gasteiger partial charge in [0.1, 0.15) is 0 Å². The van der Waals surface area contributed by atoms with Crippen LogP contribution in [0, 0.1) is 5.92 Å². The number of nitrogens with zero attached hydrogens (tertiary/aromatic N) is 1. The Labute approximate surface area is 396 Å². The highest BCUT2D eigenvalue weighted by Crippen LogP contribution is 2.40. The molecule has 318 valence electrons. The number of allylic oxidation sites excluding steroid dienone is 2. The number of hydrogen-bond donors (Lipinski definition) is 0. The number of thiophene rings is 1. The van der Waals surface area contributed by atoms with Gasteiger partial charge in [-0.2, -0.15) is 0 Å². The summed E-state index contributed by atoms with van der Waals surface area (Å²) in [7, 11) is 0. The van der Waals surface area contributed by atoms with Crippen molar-refractivity contribution in [1.82, 2.24) is 0 Å². The summed E-state index contributed by atoms with van der Waals surface area (Å²) in [6.45, 7) is 2.36. The maximum Gasteiger partial charge on any atom is 0.0585 e. The second-order valence-corrected chi connectivity index (χ2v) is 18.9. The van der Waals surface area contributed by atoms with E-state index in [1.54, 1.807) is 0 Å². The Kier molecular flexibility index (Phi) is 10.5. The second-order valence-electron chi connectivity index (χ2n) is 17.8. The Hall–Kier alpha value is -8.04. The molecule has 1 aliphatic rings. The molecule has 1 nitrogen and oxygen atoms in total. The zero-order valence-corrected chi connectivity index (χ0v) is 38.1. The van der Waals surface area contributed by atoms with Crippen LogP contribution in [0.3, 0.4) is 0 Å². The smallest absolute Gasteiger partial charge is 0.0585 e. The summed E-state index contributed by atoms with van der Waals surface area (Å²) in [6.07, 6.45) is 7.21. The topological polar surface area (TPSA) is 3.24 Å². The van der Waals surface area contributed by atoms with Crippen LogP contribution in [0.4, 0.5) is 11.4 Å². The monoisotopic (exact) mass is 873 g/mol. The van der Waals surface area contributed by atoms with Gasteiger partial charge in [0.15, 0.2) is 0 Å². The van der Waals surface area contributed by atoms with Gasteiger partial charge in [0, 0.05) is 31.5 Å². The molecule has 0 bridgehead atoms. The predicted molar refractivity (Wildman–Crippen MR) is 289 cm³/mol. The molecule has 10 aromatic carbocycles. The van der Waals surface area contributed by atoms with Crippen molar-refractivity contribution >= 4 is 59.2 Å². The van der Waals surface area contributed by atoms with Crippen LogP contribution in [-0.2, 0) is 0 Å². The molecular weight excluding hydrogens is 827 g/mol. The van der Waals surface area contributed by atoms with Crippen molar-refractivity contribution in [2.24, 2.45) is 5.92 Å². The van der Waals surface area contributed by atoms with Gasteiger partial charge in [-0.25, -0.2) is 0 Å². The molecule has 0 saturated carbocycles. The van der Waals surface area contributed by atoms with Crippen molar-refractivity contribution in [3.8, 4) is 55.6 Å². The first kappa shape index (κ1) is 40.5. The van der Waals surface area contributed by atoms with Gasteiger partial charge in [0.05, 0.1) is 6.04 Å². The van der Waals surface area contributed by atoms with Crippen LogP contribution >= 0.6 is 11.3 Å². The highest BCUT2D eigenvalue weighted by atomic mass is 32.1. The van der Waals surface area contributed by atoms with Crippen LogP contribution in [0.1, 0.15) is 12.5 Å². The average Bonchev–Trinajstić information content (AvgIpc) is 3.78. The highest BCUT2D eigenvalue weighted by molar-refractivity contribution is 7.25. The zero-order chi connectivity index (χ0) is 44.7. The van der Waals surface area contributed by atoms with Crippen LogP contribution in [0.25, 0.3) is 92.2 Å². The Bertz CT molecular complexity index is 3620. The average molecular weight is 874 g/mol. The van der Waals surface area contributed by atoms with Gasteiger partial charge < -0.3 is 4.90 Å². The molecule has 0 fully saturated rings. The summed E-state index contributed by atoms with van der Waals surface area (Å²) < 4.78 is 2.67. The largest absolute Gasteiger partial charge is 0.334 e. The van der Waals surface area contributed by atoms with Gasteiger partial charge in [-0.15, -0.1) is 11.3 Å². The van der Waals surface area contributed by atoms with Crippen molar-refractivity contribution in [3.63, 3.8) is 0 Å². The molecule has 0 radical (unpaired) electrons. The van der Waals surface area contributed by atoms with Crippen LogP contribution in [0.2, 0.25) is 0 Å². The number of fused-ring (bicyclic) bond motifs is 4. The van der Waals surface area contributed by atoms with E-state index in [0.717, 1.165) is 11.4 Å². The molecule has 0 amide bonds. The zero-order valence-electron chi connectivity index (χ0n) is 37.3. The minimum Gasteiger partial charge on any atom is -0.334 e. The first-order valence-electron chi connectivity index (χ1n) is 23.2. The summed E-state index contributed by atoms with van der Waals surface area (Å²) in [5.74, 6) is 0.243. The number of hydrogen-bond acceptors (Lipinski definition) is 2. The van der Waals surface area contributed by atoms with E-state index in [1.807, 2.05) is 11.3 Å². The van der Waals surface area contributed by atoms with E-state index in [9.17, 15) is 0 Å². The van der Waals surface area contributed by atoms with Crippen LogP contribution in [0.5, 0.6) is 0 Å². The lowest BCUT2D eigenvalue weighted by Crippen LogP contribution is -2.35. The van der Waals surface area contributed by atoms with Gasteiger partial charge in [-0.3, -0.25) is 0 Å². The fourth-order valence-electron chi connectivity index (χ4n) is 9.94. The third-order valence-electron chi connectivity index (χ3n) is 13.6. The molecule has 0 N–H and O–H groups in total. The van der Waals surface area contributed by atoms with Crippen LogP contribution in [0.15, 0.2) is 255 Å². The van der Waals surface area contributed by atoms with Crippen molar-refractivity contribution in [2.45, 2.75) is 13.0 Å². The lowest BCUT2D eigenvalue weighted by Gasteiger charge is -2.37. The van der Waals surface area contributed by atoms with Crippen LogP contribution < -0.4 is 4.90 Å². The minimum atomic E-state index is 0.112. The summed E-state index contributed by atoms with van der Waals surface area (Å²) in [4.78, 5) is 2.52. The molecule has 2 heteroatoms. The van der Waals surface area contributed by atoms with Crippen LogP contribution in [-0.4, -0.2) is 6.04 Å². The first-order chi connectivity index (χ1) is 33.1. The van der Waals surface area contributed by atoms with E-state index >= 15 is 0 Å². The van der Waals surface area contributed by atoms with Crippen molar-refractivity contribution < 1.29 is 0 Å².